The van der Waals surface area contributed by atoms with E-state index in [0.717, 1.165) is 11.4 Å². The number of rotatable bonds is 4. The Bertz CT molecular complexity index is 587. The van der Waals surface area contributed by atoms with Crippen LogP contribution in [0.25, 0.3) is 0 Å². The lowest BCUT2D eigenvalue weighted by atomic mass is 10.1. The second-order valence-electron chi connectivity index (χ2n) is 4.52. The molecule has 0 saturated carbocycles. The maximum Gasteiger partial charge on any atom is 0.261 e. The van der Waals surface area contributed by atoms with Crippen LogP contribution in [-0.2, 0) is 6.42 Å². The summed E-state index contributed by atoms with van der Waals surface area (Å²) >= 11 is 1.37. The van der Waals surface area contributed by atoms with Gasteiger partial charge in [0.05, 0.1) is 5.56 Å². The molecule has 6 nitrogen and oxygen atoms in total. The summed E-state index contributed by atoms with van der Waals surface area (Å²) in [5.41, 5.74) is 6.44. The van der Waals surface area contributed by atoms with Gasteiger partial charge in [0.25, 0.3) is 5.91 Å². The highest BCUT2D eigenvalue weighted by Gasteiger charge is 2.13. The second kappa shape index (κ2) is 7.16. The first-order chi connectivity index (χ1) is 9.06. The fraction of sp³-hybridized carbons (Fsp3) is 0.333. The van der Waals surface area contributed by atoms with Gasteiger partial charge in [-0.2, -0.15) is 0 Å². The molecule has 0 spiro atoms. The number of carbonyl (C=O) groups is 1. The second-order valence-corrected chi connectivity index (χ2v) is 5.58. The van der Waals surface area contributed by atoms with Crippen molar-refractivity contribution in [3.63, 3.8) is 0 Å². The molecular formula is C12H16ClN5OS. The smallest absolute Gasteiger partial charge is 0.261 e. The van der Waals surface area contributed by atoms with Gasteiger partial charge in [0.1, 0.15) is 5.01 Å². The fourth-order valence-corrected chi connectivity index (χ4v) is 2.44. The summed E-state index contributed by atoms with van der Waals surface area (Å²) in [6.07, 6.45) is 3.82. The van der Waals surface area contributed by atoms with Crippen LogP contribution in [0.15, 0.2) is 18.5 Å². The minimum Gasteiger partial charge on any atom is -0.398 e. The number of hydrogen-bond acceptors (Lipinski definition) is 6. The van der Waals surface area contributed by atoms with E-state index in [1.54, 1.807) is 6.07 Å². The zero-order valence-corrected chi connectivity index (χ0v) is 12.8. The molecule has 0 aromatic carbocycles. The Hall–Kier alpha value is -1.73. The Morgan fingerprint density at radius 3 is 2.85 bits per heavy atom. The van der Waals surface area contributed by atoms with E-state index in [1.807, 2.05) is 0 Å². The van der Waals surface area contributed by atoms with E-state index in [4.69, 9.17) is 5.73 Å². The molecule has 2 aromatic heterocycles. The van der Waals surface area contributed by atoms with E-state index in [2.05, 4.69) is 34.3 Å². The van der Waals surface area contributed by atoms with Gasteiger partial charge in [-0.3, -0.25) is 15.1 Å². The predicted molar refractivity (Wildman–Crippen MR) is 82.3 cm³/mol. The standard InChI is InChI=1S/C12H15N5OS.ClH/c1-7(2)5-10-16-17-12(19-10)15-11(18)8-6-14-4-3-9(8)13;/h3-4,6-7H,5H2,1-2H3,(H2,13,14)(H,15,17,18);1H. The summed E-state index contributed by atoms with van der Waals surface area (Å²) in [7, 11) is 0. The third-order valence-corrected chi connectivity index (χ3v) is 3.23. The summed E-state index contributed by atoms with van der Waals surface area (Å²) in [5, 5.41) is 12.0. The van der Waals surface area contributed by atoms with Crippen molar-refractivity contribution in [3.8, 4) is 0 Å². The third-order valence-electron chi connectivity index (χ3n) is 2.37. The molecule has 0 aliphatic carbocycles. The van der Waals surface area contributed by atoms with E-state index in [9.17, 15) is 4.79 Å². The predicted octanol–water partition coefficient (Wildman–Crippen LogP) is 2.39. The Balaban J connectivity index is 0.00000200. The van der Waals surface area contributed by atoms with Gasteiger partial charge in [-0.25, -0.2) is 0 Å². The van der Waals surface area contributed by atoms with Gasteiger partial charge in [-0.15, -0.1) is 22.6 Å². The van der Waals surface area contributed by atoms with Crippen LogP contribution in [0.3, 0.4) is 0 Å². The molecule has 2 rings (SSSR count). The third kappa shape index (κ3) is 4.14. The van der Waals surface area contributed by atoms with Gasteiger partial charge < -0.3 is 5.73 Å². The van der Waals surface area contributed by atoms with Crippen molar-refractivity contribution < 1.29 is 4.79 Å². The Kier molecular flexibility index (Phi) is 5.84. The molecule has 0 saturated heterocycles. The van der Waals surface area contributed by atoms with Crippen LogP contribution in [0.1, 0.15) is 29.2 Å². The number of nitrogen functional groups attached to an aromatic ring is 1. The lowest BCUT2D eigenvalue weighted by Gasteiger charge is -2.03. The molecule has 2 heterocycles. The number of halogens is 1. The minimum atomic E-state index is -0.321. The number of pyridine rings is 1. The molecule has 0 radical (unpaired) electrons. The van der Waals surface area contributed by atoms with E-state index >= 15 is 0 Å². The van der Waals surface area contributed by atoms with Crippen molar-refractivity contribution in [2.75, 3.05) is 11.1 Å². The number of amides is 1. The van der Waals surface area contributed by atoms with E-state index in [0.29, 0.717) is 22.3 Å². The molecular weight excluding hydrogens is 298 g/mol. The average Bonchev–Trinajstić information content (AvgIpc) is 2.76. The van der Waals surface area contributed by atoms with Crippen LogP contribution in [0, 0.1) is 5.92 Å². The van der Waals surface area contributed by atoms with Gasteiger partial charge >= 0.3 is 0 Å². The van der Waals surface area contributed by atoms with Gasteiger partial charge in [0.15, 0.2) is 0 Å². The van der Waals surface area contributed by atoms with E-state index in [-0.39, 0.29) is 18.3 Å². The van der Waals surface area contributed by atoms with Gasteiger partial charge in [0, 0.05) is 24.5 Å². The molecule has 20 heavy (non-hydrogen) atoms. The van der Waals surface area contributed by atoms with E-state index < -0.39 is 0 Å². The quantitative estimate of drug-likeness (QED) is 0.904. The van der Waals surface area contributed by atoms with Crippen molar-refractivity contribution in [2.45, 2.75) is 20.3 Å². The van der Waals surface area contributed by atoms with Crippen LogP contribution in [0.2, 0.25) is 0 Å². The van der Waals surface area contributed by atoms with E-state index in [1.165, 1.54) is 23.7 Å². The number of carbonyl (C=O) groups excluding carboxylic acids is 1. The number of nitrogens with zero attached hydrogens (tertiary/aromatic N) is 3. The number of nitrogens with two attached hydrogens (primary N) is 1. The molecule has 2 aromatic rings. The van der Waals surface area contributed by atoms with Crippen molar-refractivity contribution in [2.24, 2.45) is 5.92 Å². The molecule has 0 aliphatic rings. The van der Waals surface area contributed by atoms with Crippen LogP contribution >= 0.6 is 23.7 Å². The van der Waals surface area contributed by atoms with Crippen molar-refractivity contribution in [3.05, 3.63) is 29.0 Å². The first-order valence-electron chi connectivity index (χ1n) is 5.89. The first-order valence-corrected chi connectivity index (χ1v) is 6.71. The zero-order valence-electron chi connectivity index (χ0n) is 11.2. The van der Waals surface area contributed by atoms with Gasteiger partial charge in [-0.1, -0.05) is 25.2 Å². The summed E-state index contributed by atoms with van der Waals surface area (Å²) in [5.74, 6) is 0.184. The van der Waals surface area contributed by atoms with Crippen molar-refractivity contribution >= 4 is 40.5 Å². The molecule has 0 atom stereocenters. The molecule has 0 unspecified atom stereocenters. The Morgan fingerprint density at radius 1 is 1.45 bits per heavy atom. The van der Waals surface area contributed by atoms with Gasteiger partial charge in [-0.05, 0) is 12.0 Å². The number of aromatic nitrogens is 3. The maximum atomic E-state index is 12.0. The number of hydrogen-bond donors (Lipinski definition) is 2. The van der Waals surface area contributed by atoms with Crippen LogP contribution in [0.4, 0.5) is 10.8 Å². The molecule has 1 amide bonds. The molecule has 0 fully saturated rings. The average molecular weight is 314 g/mol. The van der Waals surface area contributed by atoms with Crippen LogP contribution in [-0.4, -0.2) is 21.1 Å². The molecule has 0 bridgehead atoms. The minimum absolute atomic E-state index is 0. The largest absolute Gasteiger partial charge is 0.398 e. The lowest BCUT2D eigenvalue weighted by Crippen LogP contribution is -2.14. The fourth-order valence-electron chi connectivity index (χ4n) is 1.50. The summed E-state index contributed by atoms with van der Waals surface area (Å²) in [6, 6.07) is 1.58. The highest BCUT2D eigenvalue weighted by atomic mass is 35.5. The van der Waals surface area contributed by atoms with Crippen LogP contribution < -0.4 is 11.1 Å². The highest BCUT2D eigenvalue weighted by molar-refractivity contribution is 7.15. The number of nitrogens with one attached hydrogen (secondary N) is 1. The molecule has 108 valence electrons. The zero-order chi connectivity index (χ0) is 13.8. The topological polar surface area (TPSA) is 93.8 Å². The SMILES string of the molecule is CC(C)Cc1nnc(NC(=O)c2cnccc2N)s1.Cl. The molecule has 0 aliphatic heterocycles. The number of anilines is 2. The maximum absolute atomic E-state index is 12.0. The monoisotopic (exact) mass is 313 g/mol. The first kappa shape index (κ1) is 16.3. The highest BCUT2D eigenvalue weighted by Crippen LogP contribution is 2.19. The summed E-state index contributed by atoms with van der Waals surface area (Å²) < 4.78 is 0. The van der Waals surface area contributed by atoms with Gasteiger partial charge in [0.2, 0.25) is 5.13 Å². The Morgan fingerprint density at radius 2 is 2.20 bits per heavy atom. The lowest BCUT2D eigenvalue weighted by molar-refractivity contribution is 0.102. The van der Waals surface area contributed by atoms with Crippen LogP contribution in [0.5, 0.6) is 0 Å². The summed E-state index contributed by atoms with van der Waals surface area (Å²) in [6.45, 7) is 4.21. The summed E-state index contributed by atoms with van der Waals surface area (Å²) in [4.78, 5) is 15.9. The van der Waals surface area contributed by atoms with Crippen molar-refractivity contribution in [1.29, 1.82) is 0 Å². The molecule has 3 N–H and O–H groups in total. The van der Waals surface area contributed by atoms with Crippen molar-refractivity contribution in [1.82, 2.24) is 15.2 Å². The normalized spacial score (nSPS) is 10.2. The molecule has 8 heteroatoms. The Labute approximate surface area is 127 Å².